The normalized spacial score (nSPS) is 13.8. The van der Waals surface area contributed by atoms with E-state index < -0.39 is 11.7 Å². The van der Waals surface area contributed by atoms with E-state index in [4.69, 9.17) is 16.3 Å². The maximum absolute atomic E-state index is 12.7. The van der Waals surface area contributed by atoms with Crippen molar-refractivity contribution in [3.8, 4) is 11.1 Å². The van der Waals surface area contributed by atoms with Gasteiger partial charge in [0.1, 0.15) is 5.60 Å². The number of ether oxygens (including phenoxy) is 1. The van der Waals surface area contributed by atoms with E-state index >= 15 is 0 Å². The van der Waals surface area contributed by atoms with Crippen LogP contribution in [0.15, 0.2) is 66.7 Å². The molecule has 0 unspecified atom stereocenters. The molecule has 6 nitrogen and oxygen atoms in total. The van der Waals surface area contributed by atoms with Crippen molar-refractivity contribution >= 4 is 29.3 Å². The molecular weight excluding hydrogens is 498 g/mol. The van der Waals surface area contributed by atoms with E-state index in [-0.39, 0.29) is 5.91 Å². The molecule has 0 aliphatic carbocycles. The largest absolute Gasteiger partial charge is 0.444 e. The second kappa shape index (κ2) is 12.5. The Labute approximate surface area is 230 Å². The van der Waals surface area contributed by atoms with Crippen molar-refractivity contribution in [2.45, 2.75) is 52.2 Å². The van der Waals surface area contributed by atoms with Crippen LogP contribution in [0, 0.1) is 0 Å². The summed E-state index contributed by atoms with van der Waals surface area (Å²) < 4.78 is 5.48. The number of nitrogens with zero attached hydrogens (tertiary/aromatic N) is 1. The van der Waals surface area contributed by atoms with Crippen LogP contribution in [-0.2, 0) is 17.7 Å². The third-order valence-electron chi connectivity index (χ3n) is 6.43. The lowest BCUT2D eigenvalue weighted by Crippen LogP contribution is -2.28. The third kappa shape index (κ3) is 8.07. The Morgan fingerprint density at radius 3 is 2.18 bits per heavy atom. The zero-order valence-electron chi connectivity index (χ0n) is 22.4. The minimum Gasteiger partial charge on any atom is -0.444 e. The summed E-state index contributed by atoms with van der Waals surface area (Å²) in [7, 11) is 0. The van der Waals surface area contributed by atoms with E-state index in [0.29, 0.717) is 23.6 Å². The SMILES string of the molecule is CC(C)(C)OC(=O)Nc1cc(CCNC(=O)c2ccc(-c3ccc(Cl)cc3)cc2)ccc1CN1CCCC1. The summed E-state index contributed by atoms with van der Waals surface area (Å²) in [6.45, 7) is 8.95. The molecule has 1 saturated heterocycles. The first-order valence-corrected chi connectivity index (χ1v) is 13.5. The Bertz CT molecular complexity index is 1240. The minimum absolute atomic E-state index is 0.120. The summed E-state index contributed by atoms with van der Waals surface area (Å²) in [5.74, 6) is -0.120. The number of nitrogens with one attached hydrogen (secondary N) is 2. The predicted octanol–water partition coefficient (Wildman–Crippen LogP) is 6.92. The summed E-state index contributed by atoms with van der Waals surface area (Å²) in [6, 6.07) is 21.3. The molecule has 0 atom stereocenters. The molecule has 1 fully saturated rings. The van der Waals surface area contributed by atoms with Crippen molar-refractivity contribution in [3.63, 3.8) is 0 Å². The van der Waals surface area contributed by atoms with Crippen molar-refractivity contribution in [1.82, 2.24) is 10.2 Å². The molecule has 7 heteroatoms. The molecule has 0 bridgehead atoms. The molecule has 2 N–H and O–H groups in total. The summed E-state index contributed by atoms with van der Waals surface area (Å²) in [6.07, 6.45) is 2.58. The van der Waals surface area contributed by atoms with Gasteiger partial charge in [0.05, 0.1) is 0 Å². The zero-order chi connectivity index (χ0) is 27.1. The van der Waals surface area contributed by atoms with E-state index in [2.05, 4.69) is 27.7 Å². The van der Waals surface area contributed by atoms with Gasteiger partial charge in [-0.25, -0.2) is 4.79 Å². The van der Waals surface area contributed by atoms with Gasteiger partial charge in [-0.05, 0) is 106 Å². The van der Waals surface area contributed by atoms with Gasteiger partial charge in [0, 0.05) is 29.4 Å². The topological polar surface area (TPSA) is 70.7 Å². The van der Waals surface area contributed by atoms with Crippen molar-refractivity contribution in [3.05, 3.63) is 88.4 Å². The number of rotatable bonds is 8. The van der Waals surface area contributed by atoms with Gasteiger partial charge in [-0.15, -0.1) is 0 Å². The Balaban J connectivity index is 1.37. The first-order chi connectivity index (χ1) is 18.2. The van der Waals surface area contributed by atoms with Crippen LogP contribution in [0.5, 0.6) is 0 Å². The van der Waals surface area contributed by atoms with Crippen LogP contribution in [0.4, 0.5) is 10.5 Å². The third-order valence-corrected chi connectivity index (χ3v) is 6.68. The molecule has 0 spiro atoms. The molecule has 0 radical (unpaired) electrons. The number of amides is 2. The average molecular weight is 534 g/mol. The van der Waals surface area contributed by atoms with E-state index in [1.165, 1.54) is 12.8 Å². The number of halogens is 1. The van der Waals surface area contributed by atoms with Crippen LogP contribution in [-0.4, -0.2) is 42.1 Å². The van der Waals surface area contributed by atoms with E-state index in [1.807, 2.05) is 75.4 Å². The fourth-order valence-corrected chi connectivity index (χ4v) is 4.63. The van der Waals surface area contributed by atoms with Crippen molar-refractivity contribution in [2.24, 2.45) is 0 Å². The Kier molecular flexibility index (Phi) is 9.08. The molecular formula is C31H36ClN3O3. The van der Waals surface area contributed by atoms with Crippen LogP contribution < -0.4 is 10.6 Å². The van der Waals surface area contributed by atoms with Crippen LogP contribution >= 0.6 is 11.6 Å². The van der Waals surface area contributed by atoms with Crippen LogP contribution in [0.3, 0.4) is 0 Å². The molecule has 2 amide bonds. The number of carbonyl (C=O) groups excluding carboxylic acids is 2. The number of carbonyl (C=O) groups is 2. The zero-order valence-corrected chi connectivity index (χ0v) is 23.1. The van der Waals surface area contributed by atoms with Gasteiger partial charge < -0.3 is 10.1 Å². The average Bonchev–Trinajstić information content (AvgIpc) is 3.38. The van der Waals surface area contributed by atoms with Gasteiger partial charge in [0.2, 0.25) is 0 Å². The summed E-state index contributed by atoms with van der Waals surface area (Å²) in [4.78, 5) is 27.6. The molecule has 3 aromatic carbocycles. The molecule has 1 heterocycles. The highest BCUT2D eigenvalue weighted by atomic mass is 35.5. The number of benzene rings is 3. The lowest BCUT2D eigenvalue weighted by atomic mass is 10.0. The van der Waals surface area contributed by atoms with Gasteiger partial charge in [0.15, 0.2) is 0 Å². The fraction of sp³-hybridized carbons (Fsp3) is 0.355. The fourth-order valence-electron chi connectivity index (χ4n) is 4.51. The molecule has 1 aliphatic rings. The second-order valence-electron chi connectivity index (χ2n) is 10.7. The van der Waals surface area contributed by atoms with Gasteiger partial charge in [-0.2, -0.15) is 0 Å². The maximum Gasteiger partial charge on any atom is 0.412 e. The Hall–Kier alpha value is -3.35. The lowest BCUT2D eigenvalue weighted by molar-refractivity contribution is 0.0635. The number of anilines is 1. The summed E-state index contributed by atoms with van der Waals surface area (Å²) >= 11 is 5.98. The second-order valence-corrected chi connectivity index (χ2v) is 11.1. The summed E-state index contributed by atoms with van der Waals surface area (Å²) in [5, 5.41) is 6.64. The quantitative estimate of drug-likeness (QED) is 0.329. The monoisotopic (exact) mass is 533 g/mol. The molecule has 1 aliphatic heterocycles. The number of hydrogen-bond donors (Lipinski definition) is 2. The molecule has 200 valence electrons. The lowest BCUT2D eigenvalue weighted by Gasteiger charge is -2.22. The summed E-state index contributed by atoms with van der Waals surface area (Å²) in [5.41, 5.74) is 4.95. The van der Waals surface area contributed by atoms with Crippen molar-refractivity contribution < 1.29 is 14.3 Å². The molecule has 3 aromatic rings. The van der Waals surface area contributed by atoms with Gasteiger partial charge >= 0.3 is 6.09 Å². The van der Waals surface area contributed by atoms with E-state index in [0.717, 1.165) is 47.6 Å². The molecule has 0 saturated carbocycles. The van der Waals surface area contributed by atoms with Gasteiger partial charge in [0.25, 0.3) is 5.91 Å². The van der Waals surface area contributed by atoms with Crippen molar-refractivity contribution in [1.29, 1.82) is 0 Å². The van der Waals surface area contributed by atoms with Crippen LogP contribution in [0.25, 0.3) is 11.1 Å². The molecule has 0 aromatic heterocycles. The minimum atomic E-state index is -0.575. The Morgan fingerprint density at radius 1 is 0.921 bits per heavy atom. The van der Waals surface area contributed by atoms with Crippen molar-refractivity contribution in [2.75, 3.05) is 25.0 Å². The van der Waals surface area contributed by atoms with Crippen LogP contribution in [0.2, 0.25) is 5.02 Å². The van der Waals surface area contributed by atoms with Gasteiger partial charge in [-0.1, -0.05) is 48.0 Å². The molecule has 4 rings (SSSR count). The first kappa shape index (κ1) is 27.7. The maximum atomic E-state index is 12.7. The van der Waals surface area contributed by atoms with E-state index in [1.54, 1.807) is 0 Å². The smallest absolute Gasteiger partial charge is 0.412 e. The highest BCUT2D eigenvalue weighted by molar-refractivity contribution is 6.30. The number of likely N-dealkylation sites (tertiary alicyclic amines) is 1. The predicted molar refractivity (Wildman–Crippen MR) is 154 cm³/mol. The van der Waals surface area contributed by atoms with Crippen LogP contribution in [0.1, 0.15) is 55.1 Å². The Morgan fingerprint density at radius 2 is 1.55 bits per heavy atom. The number of hydrogen-bond acceptors (Lipinski definition) is 4. The highest BCUT2D eigenvalue weighted by Crippen LogP contribution is 2.24. The highest BCUT2D eigenvalue weighted by Gasteiger charge is 2.19. The standard InChI is InChI=1S/C31H36ClN3O3/c1-31(2,3)38-30(37)34-28-20-22(6-7-26(28)21-35-18-4-5-19-35)16-17-33-29(36)25-10-8-23(9-11-25)24-12-14-27(32)15-13-24/h6-15,20H,4-5,16-19,21H2,1-3H3,(H,33,36)(H,34,37). The molecule has 38 heavy (non-hydrogen) atoms. The first-order valence-electron chi connectivity index (χ1n) is 13.1. The van der Waals surface area contributed by atoms with Gasteiger partial charge in [-0.3, -0.25) is 15.0 Å². The van der Waals surface area contributed by atoms with E-state index in [9.17, 15) is 9.59 Å².